The molecule has 1 aliphatic rings. The molecule has 196 valence electrons. The lowest BCUT2D eigenvalue weighted by Gasteiger charge is -2.22. The van der Waals surface area contributed by atoms with Crippen LogP contribution in [-0.2, 0) is 6.54 Å². The monoisotopic (exact) mass is 510 g/mol. The molecule has 5 N–H and O–H groups in total. The lowest BCUT2D eigenvalue weighted by molar-refractivity contribution is 0.255. The molecule has 0 bridgehead atoms. The average Bonchev–Trinajstić information content (AvgIpc) is 3.69. The van der Waals surface area contributed by atoms with E-state index in [-0.39, 0.29) is 17.2 Å². The van der Waals surface area contributed by atoms with Crippen molar-refractivity contribution in [2.75, 3.05) is 30.3 Å². The SMILES string of the molecule is Cc1cc(NC(=O)Nc2nc(=O)c(-c3ccc(CN(CCCN)CCC4CC4)cc3)c[nH]2)c(F)cc1F. The van der Waals surface area contributed by atoms with E-state index in [1.54, 1.807) is 0 Å². The van der Waals surface area contributed by atoms with Gasteiger partial charge in [-0.1, -0.05) is 37.1 Å². The molecule has 1 aromatic heterocycles. The zero-order valence-electron chi connectivity index (χ0n) is 20.8. The number of aromatic amines is 1. The Bertz CT molecular complexity index is 1290. The molecule has 0 unspecified atom stereocenters. The molecule has 0 saturated heterocycles. The molecule has 1 fully saturated rings. The molecule has 0 atom stereocenters. The van der Waals surface area contributed by atoms with Crippen molar-refractivity contribution in [3.63, 3.8) is 0 Å². The van der Waals surface area contributed by atoms with E-state index in [0.717, 1.165) is 37.5 Å². The number of aryl methyl sites for hydroxylation is 1. The molecule has 4 rings (SSSR count). The maximum atomic E-state index is 13.9. The first-order valence-electron chi connectivity index (χ1n) is 12.5. The van der Waals surface area contributed by atoms with Gasteiger partial charge in [-0.3, -0.25) is 15.0 Å². The summed E-state index contributed by atoms with van der Waals surface area (Å²) in [4.78, 5) is 33.9. The van der Waals surface area contributed by atoms with Crippen LogP contribution < -0.4 is 21.9 Å². The summed E-state index contributed by atoms with van der Waals surface area (Å²) in [7, 11) is 0. The number of hydrogen-bond acceptors (Lipinski definition) is 5. The van der Waals surface area contributed by atoms with Gasteiger partial charge in [0.2, 0.25) is 5.95 Å². The maximum absolute atomic E-state index is 13.9. The van der Waals surface area contributed by atoms with Gasteiger partial charge in [0.15, 0.2) is 0 Å². The highest BCUT2D eigenvalue weighted by atomic mass is 19.1. The fourth-order valence-electron chi connectivity index (χ4n) is 4.09. The van der Waals surface area contributed by atoms with E-state index in [1.807, 2.05) is 24.3 Å². The van der Waals surface area contributed by atoms with Crippen molar-refractivity contribution in [2.24, 2.45) is 11.7 Å². The summed E-state index contributed by atoms with van der Waals surface area (Å²) in [5, 5.41) is 4.63. The highest BCUT2D eigenvalue weighted by Gasteiger charge is 2.22. The Morgan fingerprint density at radius 3 is 2.57 bits per heavy atom. The van der Waals surface area contributed by atoms with E-state index < -0.39 is 23.2 Å². The first kappa shape index (κ1) is 26.4. The predicted octanol–water partition coefficient (Wildman–Crippen LogP) is 4.62. The quantitative estimate of drug-likeness (QED) is 0.300. The van der Waals surface area contributed by atoms with Crippen LogP contribution in [0.4, 0.5) is 25.2 Å². The van der Waals surface area contributed by atoms with Crippen LogP contribution in [0.2, 0.25) is 0 Å². The average molecular weight is 511 g/mol. The van der Waals surface area contributed by atoms with Gasteiger partial charge in [-0.2, -0.15) is 4.98 Å². The maximum Gasteiger partial charge on any atom is 0.326 e. The fraction of sp³-hybridized carbons (Fsp3) is 0.370. The number of halogens is 2. The molecule has 10 heteroatoms. The smallest absolute Gasteiger partial charge is 0.326 e. The van der Waals surface area contributed by atoms with E-state index in [1.165, 1.54) is 38.4 Å². The Hall–Kier alpha value is -3.63. The number of nitrogens with one attached hydrogen (secondary N) is 3. The number of nitrogens with zero attached hydrogens (tertiary/aromatic N) is 2. The summed E-state index contributed by atoms with van der Waals surface area (Å²) in [5.41, 5.74) is 7.37. The molecule has 37 heavy (non-hydrogen) atoms. The molecule has 1 heterocycles. The van der Waals surface area contributed by atoms with Crippen LogP contribution in [0.25, 0.3) is 11.1 Å². The number of hydrogen-bond donors (Lipinski definition) is 4. The molecule has 0 aliphatic heterocycles. The van der Waals surface area contributed by atoms with Crippen molar-refractivity contribution < 1.29 is 13.6 Å². The summed E-state index contributed by atoms with van der Waals surface area (Å²) >= 11 is 0. The third-order valence-corrected chi connectivity index (χ3v) is 6.43. The molecule has 0 radical (unpaired) electrons. The number of rotatable bonds is 11. The van der Waals surface area contributed by atoms with Crippen molar-refractivity contribution in [3.05, 3.63) is 75.7 Å². The third-order valence-electron chi connectivity index (χ3n) is 6.43. The summed E-state index contributed by atoms with van der Waals surface area (Å²) in [6, 6.07) is 8.80. The van der Waals surface area contributed by atoms with Crippen LogP contribution in [0.3, 0.4) is 0 Å². The largest absolute Gasteiger partial charge is 0.331 e. The summed E-state index contributed by atoms with van der Waals surface area (Å²) in [6.07, 6.45) is 6.33. The Morgan fingerprint density at radius 1 is 1.14 bits per heavy atom. The van der Waals surface area contributed by atoms with Gasteiger partial charge in [-0.15, -0.1) is 0 Å². The van der Waals surface area contributed by atoms with Crippen LogP contribution in [0.1, 0.15) is 36.8 Å². The number of aromatic nitrogens is 2. The fourth-order valence-corrected chi connectivity index (χ4v) is 4.09. The predicted molar refractivity (Wildman–Crippen MR) is 140 cm³/mol. The number of amides is 2. The van der Waals surface area contributed by atoms with Crippen molar-refractivity contribution in [2.45, 2.75) is 39.2 Å². The summed E-state index contributed by atoms with van der Waals surface area (Å²) in [5.74, 6) is -0.855. The number of nitrogens with two attached hydrogens (primary N) is 1. The van der Waals surface area contributed by atoms with E-state index in [2.05, 4.69) is 25.5 Å². The topological polar surface area (TPSA) is 116 Å². The number of carbonyl (C=O) groups is 1. The zero-order valence-corrected chi connectivity index (χ0v) is 20.8. The van der Waals surface area contributed by atoms with Crippen molar-refractivity contribution in [1.29, 1.82) is 0 Å². The second-order valence-electron chi connectivity index (χ2n) is 9.48. The van der Waals surface area contributed by atoms with Gasteiger partial charge in [0.05, 0.1) is 11.3 Å². The highest BCUT2D eigenvalue weighted by molar-refractivity contribution is 5.98. The standard InChI is InChI=1S/C27H32F2N6O2/c1-17-13-24(23(29)14-22(17)28)32-27(37)34-26-31-15-21(25(36)33-26)20-7-5-19(6-8-20)16-35(11-2-10-30)12-9-18-3-4-18/h5-8,13-15,18H,2-4,9-12,16,30H2,1H3,(H3,31,32,33,34,36,37). The molecule has 8 nitrogen and oxygen atoms in total. The minimum absolute atomic E-state index is 0.103. The number of urea groups is 1. The number of anilines is 2. The lowest BCUT2D eigenvalue weighted by atomic mass is 10.1. The normalized spacial score (nSPS) is 13.1. The van der Waals surface area contributed by atoms with E-state index in [4.69, 9.17) is 5.73 Å². The van der Waals surface area contributed by atoms with Gasteiger partial charge in [-0.05, 0) is 68.1 Å². The van der Waals surface area contributed by atoms with E-state index >= 15 is 0 Å². The Balaban J connectivity index is 1.38. The van der Waals surface area contributed by atoms with E-state index in [0.29, 0.717) is 23.7 Å². The highest BCUT2D eigenvalue weighted by Crippen LogP contribution is 2.32. The van der Waals surface area contributed by atoms with Gasteiger partial charge in [0.1, 0.15) is 11.6 Å². The van der Waals surface area contributed by atoms with E-state index in [9.17, 15) is 18.4 Å². The van der Waals surface area contributed by atoms with Crippen molar-refractivity contribution in [1.82, 2.24) is 14.9 Å². The molecule has 3 aromatic rings. The molecule has 1 aliphatic carbocycles. The summed E-state index contributed by atoms with van der Waals surface area (Å²) in [6.45, 7) is 4.97. The van der Waals surface area contributed by atoms with Crippen molar-refractivity contribution in [3.8, 4) is 11.1 Å². The second kappa shape index (κ2) is 12.1. The molecule has 0 spiro atoms. The van der Waals surface area contributed by atoms with Crippen LogP contribution in [0, 0.1) is 24.5 Å². The summed E-state index contributed by atoms with van der Waals surface area (Å²) < 4.78 is 27.3. The number of H-pyrrole nitrogens is 1. The van der Waals surface area contributed by atoms with Crippen LogP contribution in [-0.4, -0.2) is 40.5 Å². The Kier molecular flexibility index (Phi) is 8.62. The molecular formula is C27H32F2N6O2. The minimum Gasteiger partial charge on any atom is -0.331 e. The minimum atomic E-state index is -0.913. The first-order chi connectivity index (χ1) is 17.8. The third kappa shape index (κ3) is 7.43. The molecule has 2 amide bonds. The van der Waals surface area contributed by atoms with Gasteiger partial charge in [-0.25, -0.2) is 13.6 Å². The van der Waals surface area contributed by atoms with Gasteiger partial charge in [0, 0.05) is 18.8 Å². The van der Waals surface area contributed by atoms with Crippen LogP contribution in [0.5, 0.6) is 0 Å². The zero-order chi connectivity index (χ0) is 26.4. The van der Waals surface area contributed by atoms with Gasteiger partial charge in [0.25, 0.3) is 5.56 Å². The van der Waals surface area contributed by atoms with Crippen LogP contribution in [0.15, 0.2) is 47.4 Å². The molecule has 1 saturated carbocycles. The van der Waals surface area contributed by atoms with Gasteiger partial charge < -0.3 is 16.0 Å². The lowest BCUT2D eigenvalue weighted by Crippen LogP contribution is -2.27. The van der Waals surface area contributed by atoms with Gasteiger partial charge >= 0.3 is 6.03 Å². The second-order valence-corrected chi connectivity index (χ2v) is 9.48. The Labute approximate surface area is 214 Å². The van der Waals surface area contributed by atoms with Crippen molar-refractivity contribution >= 4 is 17.7 Å². The molecule has 2 aromatic carbocycles. The van der Waals surface area contributed by atoms with Crippen LogP contribution >= 0.6 is 0 Å². The molecular weight excluding hydrogens is 478 g/mol. The number of carbonyl (C=O) groups excluding carboxylic acids is 1. The first-order valence-corrected chi connectivity index (χ1v) is 12.5. The number of benzene rings is 2. The Morgan fingerprint density at radius 2 is 1.89 bits per heavy atom.